The van der Waals surface area contributed by atoms with Gasteiger partial charge in [0.25, 0.3) is 0 Å². The first-order valence-electron chi connectivity index (χ1n) is 10.2. The van der Waals surface area contributed by atoms with Gasteiger partial charge in [0.1, 0.15) is 12.4 Å². The fraction of sp³-hybridized carbons (Fsp3) is 0.240. The summed E-state index contributed by atoms with van der Waals surface area (Å²) in [7, 11) is 0. The summed E-state index contributed by atoms with van der Waals surface area (Å²) in [6.45, 7) is 2.37. The summed E-state index contributed by atoms with van der Waals surface area (Å²) >= 11 is 1.71. The minimum atomic E-state index is -0.825. The average Bonchev–Trinajstić information content (AvgIpc) is 3.15. The minimum Gasteiger partial charge on any atom is -0.488 e. The second kappa shape index (κ2) is 9.74. The van der Waals surface area contributed by atoms with E-state index < -0.39 is 5.97 Å². The lowest BCUT2D eigenvalue weighted by Gasteiger charge is -2.11. The largest absolute Gasteiger partial charge is 0.488 e. The summed E-state index contributed by atoms with van der Waals surface area (Å²) < 4.78 is 6.02. The van der Waals surface area contributed by atoms with Crippen molar-refractivity contribution < 1.29 is 14.6 Å². The summed E-state index contributed by atoms with van der Waals surface area (Å²) in [5.41, 5.74) is 5.44. The van der Waals surface area contributed by atoms with Crippen LogP contribution in [0.1, 0.15) is 33.6 Å². The minimum absolute atomic E-state index is 0.0128. The maximum atomic E-state index is 11.2. The monoisotopic (exact) mass is 419 g/mol. The first-order chi connectivity index (χ1) is 14.7. The van der Waals surface area contributed by atoms with E-state index in [9.17, 15) is 9.90 Å². The van der Waals surface area contributed by atoms with Crippen molar-refractivity contribution in [1.29, 1.82) is 0 Å². The van der Waals surface area contributed by atoms with Gasteiger partial charge in [-0.15, -0.1) is 11.3 Å². The molecule has 0 fully saturated rings. The van der Waals surface area contributed by atoms with Crippen molar-refractivity contribution in [3.05, 3.63) is 93.2 Å². The van der Waals surface area contributed by atoms with Crippen molar-refractivity contribution in [3.63, 3.8) is 0 Å². The highest BCUT2D eigenvalue weighted by Gasteiger charge is 2.21. The molecule has 2 heterocycles. The number of nitrogens with one attached hydrogen (secondary N) is 1. The topological polar surface area (TPSA) is 58.6 Å². The summed E-state index contributed by atoms with van der Waals surface area (Å²) in [5, 5.41) is 14.8. The van der Waals surface area contributed by atoms with Crippen LogP contribution in [0, 0.1) is 0 Å². The van der Waals surface area contributed by atoms with E-state index in [1.165, 1.54) is 16.0 Å². The first kappa shape index (κ1) is 20.4. The molecule has 0 amide bonds. The zero-order valence-electron chi connectivity index (χ0n) is 16.8. The van der Waals surface area contributed by atoms with E-state index in [0.717, 1.165) is 48.4 Å². The van der Waals surface area contributed by atoms with Crippen molar-refractivity contribution in [2.24, 2.45) is 0 Å². The normalized spacial score (nSPS) is 13.9. The van der Waals surface area contributed by atoms with Crippen LogP contribution in [0.5, 0.6) is 5.75 Å². The second-order valence-corrected chi connectivity index (χ2v) is 8.27. The Bertz CT molecular complexity index is 1040. The molecule has 4 rings (SSSR count). The highest BCUT2D eigenvalue weighted by molar-refractivity contribution is 7.11. The standard InChI is InChI=1S/C25H25NO3S/c27-24(28)16-19-8-9-23-22(15-19)21(25-20(17-29-23)11-14-30-25)7-4-12-26-13-10-18-5-2-1-3-6-18/h1-3,5-9,11,14-15,26H,4,10,12-13,16-17H2,(H,27,28)/b21-7-. The average molecular weight is 420 g/mol. The van der Waals surface area contributed by atoms with Gasteiger partial charge >= 0.3 is 5.97 Å². The predicted octanol–water partition coefficient (Wildman–Crippen LogP) is 4.92. The van der Waals surface area contributed by atoms with Crippen molar-refractivity contribution in [2.45, 2.75) is 25.9 Å². The molecular formula is C25H25NO3S. The number of ether oxygens (including phenoxy) is 1. The van der Waals surface area contributed by atoms with Crippen LogP contribution in [0.3, 0.4) is 0 Å². The van der Waals surface area contributed by atoms with Crippen molar-refractivity contribution in [3.8, 4) is 5.75 Å². The van der Waals surface area contributed by atoms with Gasteiger partial charge in [-0.2, -0.15) is 0 Å². The number of carboxylic acid groups (broad SMARTS) is 1. The number of hydrogen-bond donors (Lipinski definition) is 2. The summed E-state index contributed by atoms with van der Waals surface area (Å²) in [4.78, 5) is 12.4. The van der Waals surface area contributed by atoms with Crippen LogP contribution in [0.25, 0.3) is 5.57 Å². The number of thiophene rings is 1. The van der Waals surface area contributed by atoms with Crippen molar-refractivity contribution in [1.82, 2.24) is 5.32 Å². The molecule has 0 unspecified atom stereocenters. The van der Waals surface area contributed by atoms with Gasteiger partial charge in [0.2, 0.25) is 0 Å². The highest BCUT2D eigenvalue weighted by atomic mass is 32.1. The Balaban J connectivity index is 1.48. The van der Waals surface area contributed by atoms with E-state index in [1.807, 2.05) is 24.3 Å². The Morgan fingerprint density at radius 2 is 1.97 bits per heavy atom. The Hall–Kier alpha value is -2.89. The molecule has 0 bridgehead atoms. The molecule has 1 aliphatic heterocycles. The van der Waals surface area contributed by atoms with E-state index in [4.69, 9.17) is 4.74 Å². The Morgan fingerprint density at radius 1 is 1.10 bits per heavy atom. The molecule has 30 heavy (non-hydrogen) atoms. The third-order valence-corrected chi connectivity index (χ3v) is 6.16. The van der Waals surface area contributed by atoms with Crippen LogP contribution in [0.2, 0.25) is 0 Å². The van der Waals surface area contributed by atoms with Crippen molar-refractivity contribution in [2.75, 3.05) is 13.1 Å². The fourth-order valence-corrected chi connectivity index (χ4v) is 4.65. The van der Waals surface area contributed by atoms with E-state index in [-0.39, 0.29) is 6.42 Å². The number of rotatable bonds is 8. The molecule has 2 N–H and O–H groups in total. The first-order valence-corrected chi connectivity index (χ1v) is 11.1. The molecule has 5 heteroatoms. The Morgan fingerprint density at radius 3 is 2.80 bits per heavy atom. The fourth-order valence-electron chi connectivity index (χ4n) is 3.69. The maximum Gasteiger partial charge on any atom is 0.307 e. The van der Waals surface area contributed by atoms with Gasteiger partial charge in [-0.1, -0.05) is 42.5 Å². The number of carbonyl (C=O) groups is 1. The SMILES string of the molecule is O=C(O)Cc1ccc2c(c1)/C(=C/CCNCCc1ccccc1)c1sccc1CO2. The zero-order chi connectivity index (χ0) is 20.8. The van der Waals surface area contributed by atoms with E-state index in [1.54, 1.807) is 11.3 Å². The highest BCUT2D eigenvalue weighted by Crippen LogP contribution is 2.40. The number of benzene rings is 2. The van der Waals surface area contributed by atoms with Gasteiger partial charge in [0, 0.05) is 16.0 Å². The molecule has 0 radical (unpaired) electrons. The maximum absolute atomic E-state index is 11.2. The lowest BCUT2D eigenvalue weighted by atomic mass is 9.97. The van der Waals surface area contributed by atoms with Gasteiger partial charge in [-0.05, 0) is 66.2 Å². The molecule has 2 aromatic carbocycles. The molecular weight excluding hydrogens is 394 g/mol. The van der Waals surface area contributed by atoms with Gasteiger partial charge in [0.15, 0.2) is 0 Å². The summed E-state index contributed by atoms with van der Waals surface area (Å²) in [6.07, 6.45) is 4.17. The molecule has 154 valence electrons. The lowest BCUT2D eigenvalue weighted by molar-refractivity contribution is -0.136. The summed E-state index contributed by atoms with van der Waals surface area (Å²) in [6, 6.07) is 18.3. The molecule has 0 atom stereocenters. The van der Waals surface area contributed by atoms with Crippen molar-refractivity contribution >= 4 is 22.9 Å². The molecule has 1 aromatic heterocycles. The molecule has 0 saturated heterocycles. The van der Waals surface area contributed by atoms with Crippen LogP contribution >= 0.6 is 11.3 Å². The van der Waals surface area contributed by atoms with Gasteiger partial charge < -0.3 is 15.2 Å². The van der Waals surface area contributed by atoms with E-state index in [0.29, 0.717) is 6.61 Å². The lowest BCUT2D eigenvalue weighted by Crippen LogP contribution is -2.18. The third-order valence-electron chi connectivity index (χ3n) is 5.17. The zero-order valence-corrected chi connectivity index (χ0v) is 17.6. The second-order valence-electron chi connectivity index (χ2n) is 7.36. The quantitative estimate of drug-likeness (QED) is 0.509. The molecule has 1 aliphatic rings. The third kappa shape index (κ3) is 4.99. The molecule has 3 aromatic rings. The predicted molar refractivity (Wildman–Crippen MR) is 121 cm³/mol. The van der Waals surface area contributed by atoms with Crippen LogP contribution in [0.4, 0.5) is 0 Å². The van der Waals surface area contributed by atoms with Crippen LogP contribution in [-0.4, -0.2) is 24.2 Å². The number of fused-ring (bicyclic) bond motifs is 2. The molecule has 0 aliphatic carbocycles. The van der Waals surface area contributed by atoms with Gasteiger partial charge in [-0.3, -0.25) is 4.79 Å². The van der Waals surface area contributed by atoms with Crippen LogP contribution in [-0.2, 0) is 24.2 Å². The Kier molecular flexibility index (Phi) is 6.62. The smallest absolute Gasteiger partial charge is 0.307 e. The van der Waals surface area contributed by atoms with Crippen LogP contribution < -0.4 is 10.1 Å². The number of carboxylic acids is 1. The number of hydrogen-bond acceptors (Lipinski definition) is 4. The van der Waals surface area contributed by atoms with Gasteiger partial charge in [0.05, 0.1) is 6.42 Å². The van der Waals surface area contributed by atoms with E-state index >= 15 is 0 Å². The van der Waals surface area contributed by atoms with E-state index in [2.05, 4.69) is 47.1 Å². The molecule has 0 spiro atoms. The van der Waals surface area contributed by atoms with Gasteiger partial charge in [-0.25, -0.2) is 0 Å². The number of aliphatic carboxylic acids is 1. The Labute approximate surface area is 180 Å². The summed E-state index contributed by atoms with van der Waals surface area (Å²) in [5.74, 6) is -0.00901. The van der Waals surface area contributed by atoms with Crippen LogP contribution in [0.15, 0.2) is 66.1 Å². The molecule has 4 nitrogen and oxygen atoms in total. The molecule has 0 saturated carbocycles.